The number of rotatable bonds is 1. The van der Waals surface area contributed by atoms with Gasteiger partial charge in [-0.3, -0.25) is 0 Å². The summed E-state index contributed by atoms with van der Waals surface area (Å²) in [6.07, 6.45) is 1.39. The molecule has 1 aromatic rings. The normalized spacial score (nSPS) is 31.0. The predicted octanol–water partition coefficient (Wildman–Crippen LogP) is 0.618. The molecule has 0 spiro atoms. The lowest BCUT2D eigenvalue weighted by molar-refractivity contribution is 0.124. The monoisotopic (exact) mass is 171 g/mol. The third-order valence-electron chi connectivity index (χ3n) is 1.82. The lowest BCUT2D eigenvalue weighted by Gasteiger charge is -2.06. The summed E-state index contributed by atoms with van der Waals surface area (Å²) in [5.74, 6) is 0.106. The molecule has 1 aromatic heterocycles. The van der Waals surface area contributed by atoms with E-state index in [2.05, 4.69) is 4.98 Å². The third kappa shape index (κ3) is 1.29. The van der Waals surface area contributed by atoms with Gasteiger partial charge in [0.25, 0.3) is 0 Å². The second-order valence-electron chi connectivity index (χ2n) is 2.58. The molecule has 0 bridgehead atoms. The minimum absolute atomic E-state index is 0.106. The van der Waals surface area contributed by atoms with Crippen LogP contribution in [0, 0.1) is 0 Å². The third-order valence-corrected chi connectivity index (χ3v) is 2.73. The summed E-state index contributed by atoms with van der Waals surface area (Å²) >= 11 is 1.57. The summed E-state index contributed by atoms with van der Waals surface area (Å²) in [6.45, 7) is 1.05. The van der Waals surface area contributed by atoms with Crippen LogP contribution in [-0.2, 0) is 4.74 Å². The lowest BCUT2D eigenvalue weighted by Crippen LogP contribution is -2.15. The molecule has 0 amide bonds. The van der Waals surface area contributed by atoms with Gasteiger partial charge in [-0.05, 0) is 0 Å². The summed E-state index contributed by atoms with van der Waals surface area (Å²) in [7, 11) is 0. The van der Waals surface area contributed by atoms with E-state index in [-0.39, 0.29) is 12.0 Å². The van der Waals surface area contributed by atoms with Crippen LogP contribution in [0.5, 0.6) is 0 Å². The zero-order chi connectivity index (χ0) is 7.68. The average Bonchev–Trinajstić information content (AvgIpc) is 2.55. The molecule has 1 aliphatic rings. The van der Waals surface area contributed by atoms with Crippen molar-refractivity contribution in [2.45, 2.75) is 12.0 Å². The Hall–Kier alpha value is -0.450. The molecule has 11 heavy (non-hydrogen) atoms. The summed E-state index contributed by atoms with van der Waals surface area (Å²) < 4.78 is 5.11. The molecular formula is C7H9NO2S. The Labute approximate surface area is 68.7 Å². The maximum atomic E-state index is 9.40. The van der Waals surface area contributed by atoms with Gasteiger partial charge >= 0.3 is 0 Å². The van der Waals surface area contributed by atoms with Gasteiger partial charge in [0.15, 0.2) is 0 Å². The highest BCUT2D eigenvalue weighted by Crippen LogP contribution is 2.26. The first-order chi connectivity index (χ1) is 5.38. The Morgan fingerprint density at radius 2 is 2.55 bits per heavy atom. The maximum Gasteiger partial charge on any atom is 0.101 e. The van der Waals surface area contributed by atoms with E-state index in [9.17, 15) is 5.11 Å². The first kappa shape index (κ1) is 7.21. The molecule has 0 saturated carbocycles. The van der Waals surface area contributed by atoms with E-state index in [0.717, 1.165) is 5.01 Å². The van der Waals surface area contributed by atoms with E-state index in [4.69, 9.17) is 4.74 Å². The number of thiazole rings is 1. The van der Waals surface area contributed by atoms with E-state index >= 15 is 0 Å². The number of aliphatic hydroxyl groups is 1. The molecule has 2 unspecified atom stereocenters. The highest BCUT2D eigenvalue weighted by atomic mass is 32.1. The number of aliphatic hydroxyl groups excluding tert-OH is 1. The smallest absolute Gasteiger partial charge is 0.101 e. The van der Waals surface area contributed by atoms with Gasteiger partial charge in [0, 0.05) is 11.6 Å². The van der Waals surface area contributed by atoms with Crippen LogP contribution in [-0.4, -0.2) is 29.4 Å². The number of ether oxygens (including phenoxy) is 1. The summed E-state index contributed by atoms with van der Waals surface area (Å²) in [6, 6.07) is 0. The van der Waals surface area contributed by atoms with Crippen molar-refractivity contribution in [3.8, 4) is 0 Å². The zero-order valence-corrected chi connectivity index (χ0v) is 6.75. The molecule has 1 fully saturated rings. The fourth-order valence-electron chi connectivity index (χ4n) is 1.20. The quantitative estimate of drug-likeness (QED) is 0.673. The molecule has 2 rings (SSSR count). The van der Waals surface area contributed by atoms with E-state index in [1.54, 1.807) is 17.5 Å². The average molecular weight is 171 g/mol. The fraction of sp³-hybridized carbons (Fsp3) is 0.571. The standard InChI is InChI=1S/C7H9NO2S/c9-6-4-10-3-5(6)7-8-1-2-11-7/h1-2,5-6,9H,3-4H2. The highest BCUT2D eigenvalue weighted by Gasteiger charge is 2.29. The molecule has 2 heterocycles. The summed E-state index contributed by atoms with van der Waals surface area (Å²) in [4.78, 5) is 4.13. The molecule has 1 aliphatic heterocycles. The topological polar surface area (TPSA) is 42.4 Å². The Morgan fingerprint density at radius 3 is 3.09 bits per heavy atom. The Morgan fingerprint density at radius 1 is 1.64 bits per heavy atom. The van der Waals surface area contributed by atoms with E-state index in [0.29, 0.717) is 13.2 Å². The van der Waals surface area contributed by atoms with Crippen molar-refractivity contribution in [2.75, 3.05) is 13.2 Å². The molecule has 3 nitrogen and oxygen atoms in total. The van der Waals surface area contributed by atoms with Crippen molar-refractivity contribution in [3.63, 3.8) is 0 Å². The zero-order valence-electron chi connectivity index (χ0n) is 5.93. The number of hydrogen-bond acceptors (Lipinski definition) is 4. The molecule has 1 saturated heterocycles. The second-order valence-corrected chi connectivity index (χ2v) is 3.51. The molecule has 2 atom stereocenters. The van der Waals surface area contributed by atoms with Crippen molar-refractivity contribution in [1.29, 1.82) is 0 Å². The van der Waals surface area contributed by atoms with Gasteiger partial charge in [-0.1, -0.05) is 0 Å². The SMILES string of the molecule is OC1COCC1c1nccs1. The van der Waals surface area contributed by atoms with Gasteiger partial charge in [0.05, 0.1) is 25.2 Å². The van der Waals surface area contributed by atoms with Crippen molar-refractivity contribution < 1.29 is 9.84 Å². The van der Waals surface area contributed by atoms with Gasteiger partial charge in [-0.25, -0.2) is 4.98 Å². The van der Waals surface area contributed by atoms with Crippen molar-refractivity contribution in [1.82, 2.24) is 4.98 Å². The van der Waals surface area contributed by atoms with Crippen molar-refractivity contribution in [2.24, 2.45) is 0 Å². The largest absolute Gasteiger partial charge is 0.390 e. The highest BCUT2D eigenvalue weighted by molar-refractivity contribution is 7.09. The second kappa shape index (κ2) is 2.89. The van der Waals surface area contributed by atoms with Gasteiger partial charge in [0.1, 0.15) is 5.01 Å². The van der Waals surface area contributed by atoms with Gasteiger partial charge in [0.2, 0.25) is 0 Å². The van der Waals surface area contributed by atoms with E-state index in [1.165, 1.54) is 0 Å². The van der Waals surface area contributed by atoms with E-state index in [1.807, 2.05) is 5.38 Å². The predicted molar refractivity (Wildman–Crippen MR) is 41.7 cm³/mol. The summed E-state index contributed by atoms with van der Waals surface area (Å²) in [5.41, 5.74) is 0. The number of nitrogens with zero attached hydrogens (tertiary/aromatic N) is 1. The first-order valence-corrected chi connectivity index (χ1v) is 4.41. The van der Waals surface area contributed by atoms with Crippen LogP contribution in [0.25, 0.3) is 0 Å². The van der Waals surface area contributed by atoms with E-state index < -0.39 is 0 Å². The molecule has 4 heteroatoms. The summed E-state index contributed by atoms with van der Waals surface area (Å²) in [5, 5.41) is 12.3. The van der Waals surface area contributed by atoms with Crippen LogP contribution in [0.4, 0.5) is 0 Å². The maximum absolute atomic E-state index is 9.40. The molecule has 0 aromatic carbocycles. The first-order valence-electron chi connectivity index (χ1n) is 3.53. The number of aromatic nitrogens is 1. The minimum Gasteiger partial charge on any atom is -0.390 e. The molecule has 1 N–H and O–H groups in total. The molecule has 0 radical (unpaired) electrons. The van der Waals surface area contributed by atoms with Crippen LogP contribution in [0.1, 0.15) is 10.9 Å². The van der Waals surface area contributed by atoms with Crippen LogP contribution in [0.15, 0.2) is 11.6 Å². The van der Waals surface area contributed by atoms with Gasteiger partial charge < -0.3 is 9.84 Å². The molecular weight excluding hydrogens is 162 g/mol. The lowest BCUT2D eigenvalue weighted by atomic mass is 10.1. The Bertz CT molecular complexity index is 224. The van der Waals surface area contributed by atoms with Crippen molar-refractivity contribution in [3.05, 3.63) is 16.6 Å². The van der Waals surface area contributed by atoms with Crippen LogP contribution in [0.3, 0.4) is 0 Å². The van der Waals surface area contributed by atoms with Crippen LogP contribution >= 0.6 is 11.3 Å². The van der Waals surface area contributed by atoms with Crippen molar-refractivity contribution >= 4 is 11.3 Å². The number of hydrogen-bond donors (Lipinski definition) is 1. The Kier molecular flexibility index (Phi) is 1.89. The molecule has 60 valence electrons. The Balaban J connectivity index is 2.16. The fourth-order valence-corrected chi connectivity index (χ4v) is 1.98. The molecule has 0 aliphatic carbocycles. The van der Waals surface area contributed by atoms with Crippen LogP contribution in [0.2, 0.25) is 0 Å². The van der Waals surface area contributed by atoms with Gasteiger partial charge in [-0.15, -0.1) is 11.3 Å². The minimum atomic E-state index is -0.360. The van der Waals surface area contributed by atoms with Gasteiger partial charge in [-0.2, -0.15) is 0 Å². The van der Waals surface area contributed by atoms with Crippen LogP contribution < -0.4 is 0 Å².